The van der Waals surface area contributed by atoms with E-state index in [0.29, 0.717) is 0 Å². The van der Waals surface area contributed by atoms with E-state index in [1.807, 2.05) is 38.4 Å². The van der Waals surface area contributed by atoms with Crippen LogP contribution in [0.5, 0.6) is 0 Å². The first kappa shape index (κ1) is 12.5. The molecule has 2 rings (SSSR count). The van der Waals surface area contributed by atoms with E-state index < -0.39 is 0 Å². The van der Waals surface area contributed by atoms with E-state index in [0.717, 1.165) is 20.9 Å². The van der Waals surface area contributed by atoms with Crippen LogP contribution in [-0.2, 0) is 7.05 Å². The summed E-state index contributed by atoms with van der Waals surface area (Å²) in [7, 11) is 3.74. The Bertz CT molecular complexity index is 506. The second kappa shape index (κ2) is 5.16. The third-order valence-electron chi connectivity index (χ3n) is 2.61. The lowest BCUT2D eigenvalue weighted by Gasteiger charge is -2.18. The minimum atomic E-state index is -0.0434. The highest BCUT2D eigenvalue weighted by Crippen LogP contribution is 2.30. The first-order valence-corrected chi connectivity index (χ1v) is 6.29. The van der Waals surface area contributed by atoms with Gasteiger partial charge in [-0.3, -0.25) is 0 Å². The number of benzene rings is 1. The van der Waals surface area contributed by atoms with E-state index in [-0.39, 0.29) is 6.04 Å². The summed E-state index contributed by atoms with van der Waals surface area (Å²) in [5, 5.41) is 11.9. The normalized spacial score (nSPS) is 12.7. The average Bonchev–Trinajstić information content (AvgIpc) is 2.64. The van der Waals surface area contributed by atoms with Gasteiger partial charge in [-0.2, -0.15) is 0 Å². The van der Waals surface area contributed by atoms with E-state index in [1.165, 1.54) is 0 Å². The maximum absolute atomic E-state index is 6.21. The molecule has 1 aromatic heterocycles. The summed E-state index contributed by atoms with van der Waals surface area (Å²) in [4.78, 5) is 0. The quantitative estimate of drug-likeness (QED) is 0.946. The molecule has 1 atom stereocenters. The summed E-state index contributed by atoms with van der Waals surface area (Å²) in [6.45, 7) is 0. The highest BCUT2D eigenvalue weighted by atomic mass is 79.9. The molecular weight excluding hydrogens is 304 g/mol. The average molecular weight is 316 g/mol. The fourth-order valence-corrected chi connectivity index (χ4v) is 2.60. The van der Waals surface area contributed by atoms with Crippen LogP contribution in [0.3, 0.4) is 0 Å². The highest BCUT2D eigenvalue weighted by Gasteiger charge is 2.22. The number of aromatic nitrogens is 3. The van der Waals surface area contributed by atoms with Gasteiger partial charge in [0.05, 0.1) is 11.7 Å². The zero-order valence-corrected chi connectivity index (χ0v) is 11.8. The van der Waals surface area contributed by atoms with Crippen molar-refractivity contribution in [1.29, 1.82) is 0 Å². The summed E-state index contributed by atoms with van der Waals surface area (Å²) < 4.78 is 2.45. The lowest BCUT2D eigenvalue weighted by Crippen LogP contribution is -2.21. The molecule has 1 N–H and O–H groups in total. The molecule has 1 unspecified atom stereocenters. The molecule has 0 saturated carbocycles. The van der Waals surface area contributed by atoms with Crippen molar-refractivity contribution in [3.8, 4) is 0 Å². The predicted octanol–water partition coefficient (Wildman–Crippen LogP) is 2.54. The molecule has 0 aliphatic heterocycles. The smallest absolute Gasteiger partial charge is 0.153 e. The maximum Gasteiger partial charge on any atom is 0.153 e. The summed E-state index contributed by atoms with van der Waals surface area (Å²) >= 11 is 9.62. The molecule has 2 aromatic rings. The molecule has 0 radical (unpaired) electrons. The Morgan fingerprint density at radius 3 is 2.65 bits per heavy atom. The number of hydrogen-bond donors (Lipinski definition) is 1. The zero-order valence-electron chi connectivity index (χ0n) is 9.48. The molecule has 0 fully saturated rings. The Kier molecular flexibility index (Phi) is 3.81. The molecule has 0 amide bonds. The summed E-state index contributed by atoms with van der Waals surface area (Å²) in [5.41, 5.74) is 1.95. The zero-order chi connectivity index (χ0) is 12.4. The minimum Gasteiger partial charge on any atom is -0.308 e. The fraction of sp³-hybridized carbons (Fsp3) is 0.273. The van der Waals surface area contributed by atoms with Gasteiger partial charge in [-0.05, 0) is 34.6 Å². The molecule has 90 valence electrons. The number of halogens is 2. The van der Waals surface area contributed by atoms with Crippen molar-refractivity contribution >= 4 is 27.5 Å². The lowest BCUT2D eigenvalue weighted by molar-refractivity contribution is 0.597. The molecule has 0 saturated heterocycles. The van der Waals surface area contributed by atoms with Gasteiger partial charge in [0, 0.05) is 12.1 Å². The van der Waals surface area contributed by atoms with Crippen LogP contribution in [0.2, 0.25) is 5.02 Å². The van der Waals surface area contributed by atoms with E-state index in [9.17, 15) is 0 Å². The lowest BCUT2D eigenvalue weighted by atomic mass is 10.0. The molecule has 0 aliphatic carbocycles. The molecule has 1 heterocycles. The number of rotatable bonds is 3. The van der Waals surface area contributed by atoms with Gasteiger partial charge in [0.2, 0.25) is 0 Å². The number of hydrogen-bond acceptors (Lipinski definition) is 3. The third-order valence-corrected chi connectivity index (χ3v) is 3.51. The van der Waals surface area contributed by atoms with Crippen molar-refractivity contribution in [3.05, 3.63) is 45.1 Å². The largest absolute Gasteiger partial charge is 0.308 e. The first-order valence-electron chi connectivity index (χ1n) is 5.12. The topological polar surface area (TPSA) is 42.7 Å². The second-order valence-electron chi connectivity index (χ2n) is 3.63. The van der Waals surface area contributed by atoms with Gasteiger partial charge in [0.1, 0.15) is 0 Å². The number of nitrogens with zero attached hydrogens (tertiary/aromatic N) is 3. The molecule has 0 aliphatic rings. The standard InChI is InChI=1S/C11H12BrClN4/c1-14-9(7-5-3-4-6-8(7)13)10-11(12)15-16-17(10)2/h3-6,9,14H,1-2H3. The summed E-state index contributed by atoms with van der Waals surface area (Å²) in [6.07, 6.45) is 0. The van der Waals surface area contributed by atoms with Crippen molar-refractivity contribution in [2.45, 2.75) is 6.04 Å². The number of aryl methyl sites for hydroxylation is 1. The van der Waals surface area contributed by atoms with Crippen LogP contribution in [-0.4, -0.2) is 22.0 Å². The molecular formula is C11H12BrClN4. The molecule has 0 bridgehead atoms. The third kappa shape index (κ3) is 2.36. The van der Waals surface area contributed by atoms with E-state index >= 15 is 0 Å². The molecule has 6 heteroatoms. The Hall–Kier alpha value is -0.910. The monoisotopic (exact) mass is 314 g/mol. The van der Waals surface area contributed by atoms with Crippen molar-refractivity contribution in [1.82, 2.24) is 20.3 Å². The summed E-state index contributed by atoms with van der Waals surface area (Å²) in [6, 6.07) is 7.69. The molecule has 17 heavy (non-hydrogen) atoms. The van der Waals surface area contributed by atoms with Crippen molar-refractivity contribution in [2.24, 2.45) is 7.05 Å². The van der Waals surface area contributed by atoms with Crippen LogP contribution in [0.15, 0.2) is 28.9 Å². The van der Waals surface area contributed by atoms with Gasteiger partial charge in [0.25, 0.3) is 0 Å². The fourth-order valence-electron chi connectivity index (χ4n) is 1.79. The van der Waals surface area contributed by atoms with Crippen LogP contribution in [0.1, 0.15) is 17.3 Å². The van der Waals surface area contributed by atoms with Gasteiger partial charge in [-0.25, -0.2) is 4.68 Å². The van der Waals surface area contributed by atoms with Crippen molar-refractivity contribution < 1.29 is 0 Å². The van der Waals surface area contributed by atoms with E-state index in [1.54, 1.807) is 4.68 Å². The maximum atomic E-state index is 6.21. The van der Waals surface area contributed by atoms with E-state index in [2.05, 4.69) is 31.6 Å². The van der Waals surface area contributed by atoms with Crippen LogP contribution in [0.25, 0.3) is 0 Å². The molecule has 0 spiro atoms. The Balaban J connectivity index is 2.52. The highest BCUT2D eigenvalue weighted by molar-refractivity contribution is 9.10. The molecule has 4 nitrogen and oxygen atoms in total. The van der Waals surface area contributed by atoms with Gasteiger partial charge in [-0.15, -0.1) is 5.10 Å². The Morgan fingerprint density at radius 1 is 1.41 bits per heavy atom. The van der Waals surface area contributed by atoms with Gasteiger partial charge >= 0.3 is 0 Å². The molecule has 1 aromatic carbocycles. The van der Waals surface area contributed by atoms with Crippen LogP contribution in [0, 0.1) is 0 Å². The van der Waals surface area contributed by atoms with Crippen LogP contribution in [0.4, 0.5) is 0 Å². The van der Waals surface area contributed by atoms with Crippen molar-refractivity contribution in [2.75, 3.05) is 7.05 Å². The van der Waals surface area contributed by atoms with Gasteiger partial charge < -0.3 is 5.32 Å². The first-order chi connectivity index (χ1) is 8.15. The van der Waals surface area contributed by atoms with Crippen LogP contribution >= 0.6 is 27.5 Å². The minimum absolute atomic E-state index is 0.0434. The van der Waals surface area contributed by atoms with Gasteiger partial charge in [-0.1, -0.05) is 35.0 Å². The predicted molar refractivity (Wildman–Crippen MR) is 71.1 cm³/mol. The SMILES string of the molecule is CNC(c1ccccc1Cl)c1c(Br)nnn1C. The van der Waals surface area contributed by atoms with Crippen molar-refractivity contribution in [3.63, 3.8) is 0 Å². The number of nitrogens with one attached hydrogen (secondary N) is 1. The summed E-state index contributed by atoms with van der Waals surface area (Å²) in [5.74, 6) is 0. The second-order valence-corrected chi connectivity index (χ2v) is 4.79. The van der Waals surface area contributed by atoms with Crippen LogP contribution < -0.4 is 5.32 Å². The Morgan fingerprint density at radius 2 is 2.12 bits per heavy atom. The Labute approximate surface area is 113 Å². The van der Waals surface area contributed by atoms with E-state index in [4.69, 9.17) is 11.6 Å². The van der Waals surface area contributed by atoms with Gasteiger partial charge in [0.15, 0.2) is 4.60 Å².